The van der Waals surface area contributed by atoms with Crippen molar-refractivity contribution in [3.63, 3.8) is 0 Å². The molecule has 1 aromatic rings. The van der Waals surface area contributed by atoms with Crippen molar-refractivity contribution in [3.8, 4) is 0 Å². The van der Waals surface area contributed by atoms with Crippen LogP contribution in [0.15, 0.2) is 0 Å². The van der Waals surface area contributed by atoms with Crippen molar-refractivity contribution in [2.75, 3.05) is 12.3 Å². The number of fused-ring (bicyclic) bond motifs is 1. The molecule has 0 amide bonds. The van der Waals surface area contributed by atoms with E-state index < -0.39 is 6.09 Å². The summed E-state index contributed by atoms with van der Waals surface area (Å²) in [6, 6.07) is 0. The zero-order valence-electron chi connectivity index (χ0n) is 6.95. The van der Waals surface area contributed by atoms with Gasteiger partial charge in [-0.1, -0.05) is 0 Å². The van der Waals surface area contributed by atoms with Crippen LogP contribution >= 0.6 is 0 Å². The van der Waals surface area contributed by atoms with Gasteiger partial charge in [0.2, 0.25) is 0 Å². The number of hydrogen-bond acceptors (Lipinski definition) is 4. The second kappa shape index (κ2) is 2.74. The van der Waals surface area contributed by atoms with Gasteiger partial charge >= 0.3 is 6.09 Å². The number of nitrogen functional groups attached to an aromatic ring is 1. The number of rotatable bonds is 0. The third-order valence-electron chi connectivity index (χ3n) is 2.13. The van der Waals surface area contributed by atoms with E-state index in [1.54, 1.807) is 0 Å². The van der Waals surface area contributed by atoms with E-state index in [-0.39, 0.29) is 5.82 Å². The van der Waals surface area contributed by atoms with Gasteiger partial charge in [0.1, 0.15) is 5.82 Å². The number of nitrogens with zero attached hydrogens (tertiary/aromatic N) is 2. The number of nitrogens with two attached hydrogens (primary N) is 1. The molecule has 0 bridgehead atoms. The summed E-state index contributed by atoms with van der Waals surface area (Å²) in [5.74, 6) is 0.254. The van der Waals surface area contributed by atoms with Gasteiger partial charge in [-0.15, -0.1) is 4.68 Å². The van der Waals surface area contributed by atoms with E-state index in [9.17, 15) is 4.79 Å². The highest BCUT2D eigenvalue weighted by atomic mass is 16.4. The predicted molar refractivity (Wildman–Crippen MR) is 45.5 cm³/mol. The minimum absolute atomic E-state index is 0.254. The monoisotopic (exact) mass is 182 g/mol. The third kappa shape index (κ3) is 1.15. The van der Waals surface area contributed by atoms with Crippen LogP contribution in [0.4, 0.5) is 10.6 Å². The fourth-order valence-electron chi connectivity index (χ4n) is 1.49. The molecular formula is C7H10N4O2. The van der Waals surface area contributed by atoms with Crippen molar-refractivity contribution >= 4 is 11.9 Å². The van der Waals surface area contributed by atoms with Crippen LogP contribution in [0.1, 0.15) is 11.3 Å². The van der Waals surface area contributed by atoms with Crippen LogP contribution in [0.5, 0.6) is 0 Å². The summed E-state index contributed by atoms with van der Waals surface area (Å²) < 4.78 is 0.831. The Kier molecular flexibility index (Phi) is 1.70. The molecule has 1 aliphatic rings. The number of carboxylic acid groups (broad SMARTS) is 1. The molecule has 1 aliphatic heterocycles. The molecule has 0 aliphatic carbocycles. The molecule has 6 nitrogen and oxygen atoms in total. The molecular weight excluding hydrogens is 172 g/mol. The molecule has 4 N–H and O–H groups in total. The molecule has 70 valence electrons. The highest BCUT2D eigenvalue weighted by Crippen LogP contribution is 2.19. The van der Waals surface area contributed by atoms with Crippen LogP contribution in [-0.2, 0) is 13.0 Å². The van der Waals surface area contributed by atoms with Gasteiger partial charge in [-0.25, -0.2) is 4.79 Å². The van der Waals surface area contributed by atoms with Crippen LogP contribution in [0.2, 0.25) is 0 Å². The smallest absolute Gasteiger partial charge is 0.434 e. The predicted octanol–water partition coefficient (Wildman–Crippen LogP) is -0.363. The first-order valence-corrected chi connectivity index (χ1v) is 4.00. The average Bonchev–Trinajstić information content (AvgIpc) is 2.45. The first kappa shape index (κ1) is 8.06. The van der Waals surface area contributed by atoms with Crippen molar-refractivity contribution in [3.05, 3.63) is 11.3 Å². The molecule has 0 spiro atoms. The lowest BCUT2D eigenvalue weighted by Crippen LogP contribution is -2.23. The molecule has 0 aromatic carbocycles. The summed E-state index contributed by atoms with van der Waals surface area (Å²) in [6.45, 7) is 1.42. The lowest BCUT2D eigenvalue weighted by atomic mass is 10.1. The summed E-state index contributed by atoms with van der Waals surface area (Å²) in [5, 5.41) is 15.7. The van der Waals surface area contributed by atoms with Crippen LogP contribution in [0, 0.1) is 0 Å². The Labute approximate surface area is 74.3 Å². The highest BCUT2D eigenvalue weighted by molar-refractivity contribution is 5.72. The largest absolute Gasteiger partial charge is 0.463 e. The molecule has 6 heteroatoms. The Morgan fingerprint density at radius 1 is 1.69 bits per heavy atom. The number of anilines is 1. The lowest BCUT2D eigenvalue weighted by Gasteiger charge is -2.10. The van der Waals surface area contributed by atoms with Gasteiger partial charge < -0.3 is 16.2 Å². The zero-order valence-corrected chi connectivity index (χ0v) is 6.95. The Balaban J connectivity index is 2.50. The zero-order chi connectivity index (χ0) is 9.42. The van der Waals surface area contributed by atoms with Crippen molar-refractivity contribution in [1.29, 1.82) is 0 Å². The molecule has 0 saturated heterocycles. The molecule has 0 fully saturated rings. The lowest BCUT2D eigenvalue weighted by molar-refractivity contribution is 0.193. The highest BCUT2D eigenvalue weighted by Gasteiger charge is 2.20. The van der Waals surface area contributed by atoms with Crippen molar-refractivity contribution in [1.82, 2.24) is 15.1 Å². The first-order chi connectivity index (χ1) is 6.20. The Morgan fingerprint density at radius 3 is 3.08 bits per heavy atom. The standard InChI is InChI=1S/C7H10N4O2/c8-6-4-1-2-9-3-5(4)10-11(6)7(12)13/h9H,1-3,8H2,(H,12,13). The first-order valence-electron chi connectivity index (χ1n) is 4.00. The maximum Gasteiger partial charge on any atom is 0.434 e. The van der Waals surface area contributed by atoms with E-state index in [4.69, 9.17) is 10.8 Å². The molecule has 13 heavy (non-hydrogen) atoms. The second-order valence-corrected chi connectivity index (χ2v) is 2.93. The fourth-order valence-corrected chi connectivity index (χ4v) is 1.49. The average molecular weight is 182 g/mol. The van der Waals surface area contributed by atoms with E-state index in [0.29, 0.717) is 6.54 Å². The summed E-state index contributed by atoms with van der Waals surface area (Å²) in [4.78, 5) is 10.6. The van der Waals surface area contributed by atoms with Crippen molar-refractivity contribution in [2.45, 2.75) is 13.0 Å². The Hall–Kier alpha value is -1.56. The van der Waals surface area contributed by atoms with Crippen LogP contribution in [0.3, 0.4) is 0 Å². The normalized spacial score (nSPS) is 15.4. The van der Waals surface area contributed by atoms with Gasteiger partial charge in [0.05, 0.1) is 5.69 Å². The van der Waals surface area contributed by atoms with Crippen molar-refractivity contribution < 1.29 is 9.90 Å². The maximum absolute atomic E-state index is 10.6. The molecule has 2 rings (SSSR count). The van der Waals surface area contributed by atoms with Crippen LogP contribution in [0.25, 0.3) is 0 Å². The van der Waals surface area contributed by atoms with E-state index in [0.717, 1.165) is 28.9 Å². The SMILES string of the molecule is Nc1c2c(nn1C(=O)O)CNCC2. The summed E-state index contributed by atoms with van der Waals surface area (Å²) in [6.07, 6.45) is -0.388. The third-order valence-corrected chi connectivity index (χ3v) is 2.13. The fraction of sp³-hybridized carbons (Fsp3) is 0.429. The number of nitrogens with one attached hydrogen (secondary N) is 1. The number of hydrogen-bond donors (Lipinski definition) is 3. The van der Waals surface area contributed by atoms with Crippen LogP contribution < -0.4 is 11.1 Å². The number of aromatic nitrogens is 2. The van der Waals surface area contributed by atoms with Gasteiger partial charge in [-0.05, 0) is 13.0 Å². The minimum Gasteiger partial charge on any atom is -0.463 e. The number of carbonyl (C=O) groups is 1. The summed E-state index contributed by atoms with van der Waals surface area (Å²) in [5.41, 5.74) is 7.22. The van der Waals surface area contributed by atoms with Gasteiger partial charge in [0, 0.05) is 12.1 Å². The molecule has 0 unspecified atom stereocenters. The Morgan fingerprint density at radius 2 is 2.46 bits per heavy atom. The molecule has 0 atom stereocenters. The van der Waals surface area contributed by atoms with E-state index in [1.807, 2.05) is 0 Å². The second-order valence-electron chi connectivity index (χ2n) is 2.93. The molecule has 1 aromatic heterocycles. The summed E-state index contributed by atoms with van der Waals surface area (Å²) >= 11 is 0. The molecule has 0 saturated carbocycles. The minimum atomic E-state index is -1.13. The van der Waals surface area contributed by atoms with Crippen LogP contribution in [-0.4, -0.2) is 27.5 Å². The van der Waals surface area contributed by atoms with E-state index in [2.05, 4.69) is 10.4 Å². The van der Waals surface area contributed by atoms with Gasteiger partial charge in [-0.3, -0.25) is 0 Å². The van der Waals surface area contributed by atoms with Gasteiger partial charge in [-0.2, -0.15) is 5.10 Å². The van der Waals surface area contributed by atoms with Gasteiger partial charge in [0.25, 0.3) is 0 Å². The quantitative estimate of drug-likeness (QED) is 0.509. The van der Waals surface area contributed by atoms with E-state index >= 15 is 0 Å². The maximum atomic E-state index is 10.6. The van der Waals surface area contributed by atoms with E-state index in [1.165, 1.54) is 0 Å². The van der Waals surface area contributed by atoms with Gasteiger partial charge in [0.15, 0.2) is 0 Å². The topological polar surface area (TPSA) is 93.2 Å². The summed E-state index contributed by atoms with van der Waals surface area (Å²) in [7, 11) is 0. The molecule has 2 heterocycles. The van der Waals surface area contributed by atoms with Crippen molar-refractivity contribution in [2.24, 2.45) is 0 Å². The molecule has 0 radical (unpaired) electrons. The Bertz CT molecular complexity index is 358.